The van der Waals surface area contributed by atoms with Crippen LogP contribution < -0.4 is 5.32 Å². The van der Waals surface area contributed by atoms with E-state index in [-0.39, 0.29) is 30.3 Å². The number of aryl methyl sites for hydroxylation is 1. The molecule has 0 bridgehead atoms. The second-order valence-corrected chi connectivity index (χ2v) is 7.42. The highest BCUT2D eigenvalue weighted by Crippen LogP contribution is 2.32. The molecule has 148 valence electrons. The Balaban J connectivity index is 0.00000210. The first-order chi connectivity index (χ1) is 12.6. The molecule has 0 aromatic carbocycles. The normalized spacial score (nSPS) is 19.2. The molecule has 2 aromatic heterocycles. The molecule has 2 aromatic rings. The van der Waals surface area contributed by atoms with Gasteiger partial charge in [-0.1, -0.05) is 19.0 Å². The van der Waals surface area contributed by atoms with Crippen molar-refractivity contribution in [1.82, 2.24) is 30.1 Å². The maximum absolute atomic E-state index is 12.8. The fourth-order valence-corrected chi connectivity index (χ4v) is 3.69. The van der Waals surface area contributed by atoms with Crippen LogP contribution in [0.5, 0.6) is 0 Å². The summed E-state index contributed by atoms with van der Waals surface area (Å²) >= 11 is 0. The zero-order chi connectivity index (χ0) is 18.1. The molecule has 27 heavy (non-hydrogen) atoms. The van der Waals surface area contributed by atoms with Crippen molar-refractivity contribution in [2.45, 2.75) is 64.6 Å². The van der Waals surface area contributed by atoms with Crippen molar-refractivity contribution in [3.8, 4) is 0 Å². The van der Waals surface area contributed by atoms with Gasteiger partial charge in [-0.3, -0.25) is 9.48 Å². The summed E-state index contributed by atoms with van der Waals surface area (Å²) in [6.07, 6.45) is 2.99. The highest BCUT2D eigenvalue weighted by atomic mass is 35.5. The summed E-state index contributed by atoms with van der Waals surface area (Å²) in [7, 11) is 0. The smallest absolute Gasteiger partial charge is 0.249 e. The van der Waals surface area contributed by atoms with Crippen molar-refractivity contribution in [1.29, 1.82) is 0 Å². The molecule has 1 atom stereocenters. The summed E-state index contributed by atoms with van der Waals surface area (Å²) in [5.74, 6) is 1.64. The lowest BCUT2D eigenvalue weighted by Gasteiger charge is -2.21. The number of fused-ring (bicyclic) bond motifs is 1. The van der Waals surface area contributed by atoms with Crippen molar-refractivity contribution in [3.63, 3.8) is 0 Å². The van der Waals surface area contributed by atoms with Crippen LogP contribution in [-0.2, 0) is 24.3 Å². The Hall–Kier alpha value is -1.93. The topological polar surface area (TPSA) is 89.1 Å². The third-order valence-electron chi connectivity index (χ3n) is 5.15. The summed E-state index contributed by atoms with van der Waals surface area (Å²) in [6, 6.07) is 2.02. The predicted molar refractivity (Wildman–Crippen MR) is 102 cm³/mol. The quantitative estimate of drug-likeness (QED) is 0.836. The molecule has 4 rings (SSSR count). The highest BCUT2D eigenvalue weighted by molar-refractivity contribution is 5.85. The summed E-state index contributed by atoms with van der Waals surface area (Å²) in [5.41, 5.74) is 2.19. The Morgan fingerprint density at radius 3 is 3.00 bits per heavy atom. The molecule has 0 spiro atoms. The van der Waals surface area contributed by atoms with Crippen LogP contribution in [0.3, 0.4) is 0 Å². The van der Waals surface area contributed by atoms with Crippen LogP contribution in [-0.4, -0.2) is 43.8 Å². The van der Waals surface area contributed by atoms with Crippen molar-refractivity contribution in [2.24, 2.45) is 0 Å². The Labute approximate surface area is 165 Å². The Morgan fingerprint density at radius 1 is 1.41 bits per heavy atom. The summed E-state index contributed by atoms with van der Waals surface area (Å²) in [6.45, 7) is 7.52. The van der Waals surface area contributed by atoms with Crippen LogP contribution in [0.2, 0.25) is 0 Å². The molecule has 4 heterocycles. The summed E-state index contributed by atoms with van der Waals surface area (Å²) in [4.78, 5) is 19.2. The molecule has 1 saturated heterocycles. The number of nitrogens with zero attached hydrogens (tertiary/aromatic N) is 5. The number of carbonyl (C=O) groups is 1. The Bertz CT molecular complexity index is 763. The standard InChI is InChI=1S/C18H26N6O2.ClH/c1-12(2)17-20-18(26-22-17)15-4-3-8-23(15)16(25)6-5-13-10-14-11-19-7-9-24(14)21-13;/h10,12,15,19H,3-9,11H2,1-2H3;1H. The molecule has 2 aliphatic heterocycles. The first kappa shape index (κ1) is 19.8. The largest absolute Gasteiger partial charge is 0.337 e. The number of hydrogen-bond donors (Lipinski definition) is 1. The average molecular weight is 395 g/mol. The SMILES string of the molecule is CC(C)c1noc(C2CCCN2C(=O)CCc2cc3n(n2)CCNC3)n1.Cl. The molecule has 9 heteroatoms. The van der Waals surface area contributed by atoms with E-state index in [9.17, 15) is 4.79 Å². The van der Waals surface area contributed by atoms with E-state index in [1.807, 2.05) is 23.4 Å². The first-order valence-electron chi connectivity index (χ1n) is 9.51. The number of amides is 1. The summed E-state index contributed by atoms with van der Waals surface area (Å²) < 4.78 is 7.47. The van der Waals surface area contributed by atoms with E-state index in [4.69, 9.17) is 4.52 Å². The van der Waals surface area contributed by atoms with E-state index in [1.165, 1.54) is 5.69 Å². The average Bonchev–Trinajstić information content (AvgIpc) is 3.37. The zero-order valence-corrected chi connectivity index (χ0v) is 16.7. The molecule has 1 N–H and O–H groups in total. The first-order valence-corrected chi connectivity index (χ1v) is 9.51. The van der Waals surface area contributed by atoms with Gasteiger partial charge in [0.25, 0.3) is 0 Å². The van der Waals surface area contributed by atoms with Gasteiger partial charge < -0.3 is 14.7 Å². The number of hydrogen-bond acceptors (Lipinski definition) is 6. The maximum Gasteiger partial charge on any atom is 0.249 e. The van der Waals surface area contributed by atoms with Crippen molar-refractivity contribution in [2.75, 3.05) is 13.1 Å². The lowest BCUT2D eigenvalue weighted by atomic mass is 10.1. The van der Waals surface area contributed by atoms with Crippen molar-refractivity contribution >= 4 is 18.3 Å². The second kappa shape index (κ2) is 8.39. The van der Waals surface area contributed by atoms with Crippen molar-refractivity contribution < 1.29 is 9.32 Å². The fraction of sp³-hybridized carbons (Fsp3) is 0.667. The molecule has 0 saturated carbocycles. The number of halogens is 1. The third kappa shape index (κ3) is 4.16. The van der Waals surface area contributed by atoms with Gasteiger partial charge in [-0.05, 0) is 18.9 Å². The lowest BCUT2D eigenvalue weighted by Crippen LogP contribution is -2.31. The van der Waals surface area contributed by atoms with Gasteiger partial charge >= 0.3 is 0 Å². The molecular formula is C18H27ClN6O2. The fourth-order valence-electron chi connectivity index (χ4n) is 3.69. The predicted octanol–water partition coefficient (Wildman–Crippen LogP) is 2.21. The van der Waals surface area contributed by atoms with Crippen LogP contribution in [0.25, 0.3) is 0 Å². The summed E-state index contributed by atoms with van der Waals surface area (Å²) in [5, 5.41) is 12.0. The number of likely N-dealkylation sites (tertiary alicyclic amines) is 1. The second-order valence-electron chi connectivity index (χ2n) is 7.42. The van der Waals surface area contributed by atoms with Gasteiger partial charge in [0, 0.05) is 38.4 Å². The van der Waals surface area contributed by atoms with Crippen LogP contribution in [0.15, 0.2) is 10.6 Å². The van der Waals surface area contributed by atoms with Gasteiger partial charge in [0.15, 0.2) is 5.82 Å². The Morgan fingerprint density at radius 2 is 2.26 bits per heavy atom. The monoisotopic (exact) mass is 394 g/mol. The van der Waals surface area contributed by atoms with E-state index in [1.54, 1.807) is 0 Å². The molecule has 1 amide bonds. The molecule has 8 nitrogen and oxygen atoms in total. The molecule has 0 aliphatic carbocycles. The van der Waals surface area contributed by atoms with E-state index in [2.05, 4.69) is 26.6 Å². The molecule has 0 radical (unpaired) electrons. The van der Waals surface area contributed by atoms with Crippen LogP contribution in [0.1, 0.15) is 68.2 Å². The van der Waals surface area contributed by atoms with Gasteiger partial charge in [0.2, 0.25) is 11.8 Å². The minimum absolute atomic E-state index is 0. The highest BCUT2D eigenvalue weighted by Gasteiger charge is 2.34. The molecular weight excluding hydrogens is 368 g/mol. The third-order valence-corrected chi connectivity index (χ3v) is 5.15. The zero-order valence-electron chi connectivity index (χ0n) is 15.8. The van der Waals surface area contributed by atoms with Crippen LogP contribution in [0.4, 0.5) is 0 Å². The van der Waals surface area contributed by atoms with Gasteiger partial charge in [-0.25, -0.2) is 0 Å². The van der Waals surface area contributed by atoms with Gasteiger partial charge in [0.05, 0.1) is 17.9 Å². The Kier molecular flexibility index (Phi) is 6.16. The van der Waals surface area contributed by atoms with Gasteiger partial charge in [-0.2, -0.15) is 10.1 Å². The van der Waals surface area contributed by atoms with Gasteiger partial charge in [-0.15, -0.1) is 12.4 Å². The maximum atomic E-state index is 12.8. The van der Waals surface area contributed by atoms with E-state index < -0.39 is 0 Å². The van der Waals surface area contributed by atoms with E-state index in [0.29, 0.717) is 24.6 Å². The van der Waals surface area contributed by atoms with E-state index in [0.717, 1.165) is 44.7 Å². The van der Waals surface area contributed by atoms with Crippen LogP contribution in [0, 0.1) is 0 Å². The minimum Gasteiger partial charge on any atom is -0.337 e. The molecule has 2 aliphatic rings. The van der Waals surface area contributed by atoms with E-state index >= 15 is 0 Å². The molecule has 1 unspecified atom stereocenters. The van der Waals surface area contributed by atoms with Gasteiger partial charge in [0.1, 0.15) is 6.04 Å². The minimum atomic E-state index is -0.0816. The molecule has 1 fully saturated rings. The van der Waals surface area contributed by atoms with Crippen molar-refractivity contribution in [3.05, 3.63) is 29.2 Å². The van der Waals surface area contributed by atoms with Crippen LogP contribution >= 0.6 is 12.4 Å². The lowest BCUT2D eigenvalue weighted by molar-refractivity contribution is -0.132. The number of carbonyl (C=O) groups excluding carboxylic acids is 1. The number of rotatable bonds is 5. The number of nitrogens with one attached hydrogen (secondary N) is 1. The number of aromatic nitrogens is 4.